The lowest BCUT2D eigenvalue weighted by Gasteiger charge is -2.19. The number of amides is 1. The largest absolute Gasteiger partial charge is 0.382 e. The van der Waals surface area contributed by atoms with E-state index in [-0.39, 0.29) is 4.90 Å². The molecule has 2 unspecified atom stereocenters. The number of sulfonamides is 1. The summed E-state index contributed by atoms with van der Waals surface area (Å²) >= 11 is 0. The topological polar surface area (TPSA) is 95.5 Å². The van der Waals surface area contributed by atoms with Gasteiger partial charge in [0.05, 0.1) is 10.9 Å². The lowest BCUT2D eigenvalue weighted by atomic mass is 10.2. The van der Waals surface area contributed by atoms with Crippen molar-refractivity contribution in [3.8, 4) is 0 Å². The van der Waals surface area contributed by atoms with Crippen molar-refractivity contribution >= 4 is 15.9 Å². The highest BCUT2D eigenvalue weighted by Crippen LogP contribution is 2.27. The summed E-state index contributed by atoms with van der Waals surface area (Å²) in [7, 11) is -3.76. The second kappa shape index (κ2) is 6.76. The number of hydrogen-bond donors (Lipinski definition) is 3. The van der Waals surface area contributed by atoms with Gasteiger partial charge in [0, 0.05) is 6.54 Å². The molecule has 3 N–H and O–H groups in total. The molecule has 0 saturated heterocycles. The molecule has 1 fully saturated rings. The molecule has 0 aromatic heterocycles. The van der Waals surface area contributed by atoms with Crippen molar-refractivity contribution in [3.05, 3.63) is 29.8 Å². The van der Waals surface area contributed by atoms with Gasteiger partial charge in [-0.15, -0.1) is 0 Å². The van der Waals surface area contributed by atoms with Gasteiger partial charge in [-0.2, -0.15) is 0 Å². The predicted octanol–water partition coefficient (Wildman–Crippen LogP) is 0.549. The molecule has 1 amide bonds. The van der Waals surface area contributed by atoms with Gasteiger partial charge in [-0.3, -0.25) is 4.79 Å². The fourth-order valence-electron chi connectivity index (χ4n) is 1.99. The number of aliphatic hydroxyl groups is 1. The Labute approximate surface area is 131 Å². The van der Waals surface area contributed by atoms with Crippen molar-refractivity contribution < 1.29 is 18.3 Å². The molecule has 0 bridgehead atoms. The summed E-state index contributed by atoms with van der Waals surface area (Å²) in [6.45, 7) is 3.86. The maximum absolute atomic E-state index is 12.2. The standard InChI is InChI=1S/C15H22N2O4S/c1-10-3-7-13(8-4-10)22(20,21)17-11(2)14(18)15(19)16-9-12-5-6-12/h3-4,7-8,11-12,14,17-18H,5-6,9H2,1-2H3,(H,16,19). The van der Waals surface area contributed by atoms with E-state index in [1.807, 2.05) is 6.92 Å². The molecular formula is C15H22N2O4S. The number of carbonyl (C=O) groups excluding carboxylic acids is 1. The highest BCUT2D eigenvalue weighted by molar-refractivity contribution is 7.89. The first kappa shape index (κ1) is 16.9. The molecule has 1 aliphatic rings. The molecule has 1 aromatic rings. The zero-order chi connectivity index (χ0) is 16.3. The van der Waals surface area contributed by atoms with Crippen LogP contribution in [-0.4, -0.2) is 38.1 Å². The minimum Gasteiger partial charge on any atom is -0.382 e. The van der Waals surface area contributed by atoms with Crippen molar-refractivity contribution in [3.63, 3.8) is 0 Å². The molecule has 122 valence electrons. The van der Waals surface area contributed by atoms with Crippen LogP contribution < -0.4 is 10.0 Å². The molecule has 0 aliphatic heterocycles. The Balaban J connectivity index is 1.95. The zero-order valence-corrected chi connectivity index (χ0v) is 13.6. The number of benzene rings is 1. The summed E-state index contributed by atoms with van der Waals surface area (Å²) in [5, 5.41) is 12.6. The van der Waals surface area contributed by atoms with Crippen LogP contribution in [0.1, 0.15) is 25.3 Å². The van der Waals surface area contributed by atoms with Gasteiger partial charge in [-0.1, -0.05) is 17.7 Å². The Hall–Kier alpha value is -1.44. The Morgan fingerprint density at radius 1 is 1.32 bits per heavy atom. The second-order valence-corrected chi connectivity index (χ2v) is 7.57. The number of hydrogen-bond acceptors (Lipinski definition) is 4. The highest BCUT2D eigenvalue weighted by Gasteiger charge is 2.29. The lowest BCUT2D eigenvalue weighted by molar-refractivity contribution is -0.130. The molecule has 6 nitrogen and oxygen atoms in total. The Morgan fingerprint density at radius 2 is 1.91 bits per heavy atom. The van der Waals surface area contributed by atoms with E-state index >= 15 is 0 Å². The fourth-order valence-corrected chi connectivity index (χ4v) is 3.24. The van der Waals surface area contributed by atoms with Gasteiger partial charge in [-0.25, -0.2) is 13.1 Å². The number of carbonyl (C=O) groups is 1. The van der Waals surface area contributed by atoms with E-state index in [1.54, 1.807) is 12.1 Å². The van der Waals surface area contributed by atoms with E-state index in [1.165, 1.54) is 19.1 Å². The SMILES string of the molecule is Cc1ccc(S(=O)(=O)NC(C)C(O)C(=O)NCC2CC2)cc1. The fraction of sp³-hybridized carbons (Fsp3) is 0.533. The molecular weight excluding hydrogens is 304 g/mol. The number of rotatable bonds is 7. The third kappa shape index (κ3) is 4.53. The number of aryl methyl sites for hydroxylation is 1. The average molecular weight is 326 g/mol. The molecule has 0 heterocycles. The van der Waals surface area contributed by atoms with E-state index in [0.29, 0.717) is 12.5 Å². The van der Waals surface area contributed by atoms with E-state index in [2.05, 4.69) is 10.0 Å². The first-order valence-electron chi connectivity index (χ1n) is 7.34. The van der Waals surface area contributed by atoms with Crippen molar-refractivity contribution in [2.24, 2.45) is 5.92 Å². The Bertz CT molecular complexity index is 623. The van der Waals surface area contributed by atoms with Gasteiger partial charge in [-0.05, 0) is 44.7 Å². The summed E-state index contributed by atoms with van der Waals surface area (Å²) in [6.07, 6.45) is 0.761. The van der Waals surface area contributed by atoms with Gasteiger partial charge in [0.2, 0.25) is 10.0 Å². The van der Waals surface area contributed by atoms with Crippen LogP contribution in [0.15, 0.2) is 29.2 Å². The molecule has 0 spiro atoms. The van der Waals surface area contributed by atoms with Crippen LogP contribution in [0.5, 0.6) is 0 Å². The van der Waals surface area contributed by atoms with Crippen LogP contribution in [-0.2, 0) is 14.8 Å². The Morgan fingerprint density at radius 3 is 2.45 bits per heavy atom. The van der Waals surface area contributed by atoms with Crippen LogP contribution in [0, 0.1) is 12.8 Å². The molecule has 0 radical (unpaired) electrons. The molecule has 2 atom stereocenters. The molecule has 1 saturated carbocycles. The molecule has 2 rings (SSSR count). The summed E-state index contributed by atoms with van der Waals surface area (Å²) in [5.74, 6) is -0.0540. The van der Waals surface area contributed by atoms with Crippen LogP contribution in [0.2, 0.25) is 0 Å². The molecule has 22 heavy (non-hydrogen) atoms. The third-order valence-electron chi connectivity index (χ3n) is 3.68. The van der Waals surface area contributed by atoms with Gasteiger partial charge in [0.1, 0.15) is 6.10 Å². The van der Waals surface area contributed by atoms with Crippen LogP contribution >= 0.6 is 0 Å². The minimum atomic E-state index is -3.76. The quantitative estimate of drug-likeness (QED) is 0.682. The molecule has 1 aromatic carbocycles. The maximum atomic E-state index is 12.2. The normalized spacial score (nSPS) is 17.8. The maximum Gasteiger partial charge on any atom is 0.250 e. The van der Waals surface area contributed by atoms with Crippen molar-refractivity contribution in [1.29, 1.82) is 0 Å². The van der Waals surface area contributed by atoms with E-state index in [4.69, 9.17) is 0 Å². The average Bonchev–Trinajstić information content (AvgIpc) is 3.28. The summed E-state index contributed by atoms with van der Waals surface area (Å²) in [5.41, 5.74) is 0.950. The molecule has 1 aliphatic carbocycles. The summed E-state index contributed by atoms with van der Waals surface area (Å²) in [4.78, 5) is 11.9. The minimum absolute atomic E-state index is 0.107. The smallest absolute Gasteiger partial charge is 0.250 e. The zero-order valence-electron chi connectivity index (χ0n) is 12.7. The first-order valence-corrected chi connectivity index (χ1v) is 8.82. The number of aliphatic hydroxyl groups excluding tert-OH is 1. The van der Waals surface area contributed by atoms with Gasteiger partial charge in [0.25, 0.3) is 5.91 Å². The van der Waals surface area contributed by atoms with E-state index < -0.39 is 28.1 Å². The highest BCUT2D eigenvalue weighted by atomic mass is 32.2. The predicted molar refractivity (Wildman–Crippen MR) is 82.7 cm³/mol. The van der Waals surface area contributed by atoms with Crippen LogP contribution in [0.25, 0.3) is 0 Å². The summed E-state index contributed by atoms with van der Waals surface area (Å²) in [6, 6.07) is 5.45. The molecule has 7 heteroatoms. The van der Waals surface area contributed by atoms with Crippen LogP contribution in [0.3, 0.4) is 0 Å². The lowest BCUT2D eigenvalue weighted by Crippen LogP contribution is -2.49. The van der Waals surface area contributed by atoms with E-state index in [9.17, 15) is 18.3 Å². The van der Waals surface area contributed by atoms with E-state index in [0.717, 1.165) is 18.4 Å². The van der Waals surface area contributed by atoms with Crippen LogP contribution in [0.4, 0.5) is 0 Å². The summed E-state index contributed by atoms with van der Waals surface area (Å²) < 4.78 is 26.7. The van der Waals surface area contributed by atoms with Crippen molar-refractivity contribution in [1.82, 2.24) is 10.0 Å². The van der Waals surface area contributed by atoms with Gasteiger partial charge in [0.15, 0.2) is 0 Å². The third-order valence-corrected chi connectivity index (χ3v) is 5.25. The monoisotopic (exact) mass is 326 g/mol. The number of nitrogens with one attached hydrogen (secondary N) is 2. The first-order chi connectivity index (χ1) is 10.3. The van der Waals surface area contributed by atoms with Crippen molar-refractivity contribution in [2.45, 2.75) is 43.7 Å². The Kier molecular flexibility index (Phi) is 5.20. The van der Waals surface area contributed by atoms with Gasteiger partial charge < -0.3 is 10.4 Å². The second-order valence-electron chi connectivity index (χ2n) is 5.86. The van der Waals surface area contributed by atoms with Crippen molar-refractivity contribution in [2.75, 3.05) is 6.54 Å². The van der Waals surface area contributed by atoms with Gasteiger partial charge >= 0.3 is 0 Å².